The molecule has 0 bridgehead atoms. The minimum Gasteiger partial charge on any atom is -0.272 e. The zero-order chi connectivity index (χ0) is 14.3. The van der Waals surface area contributed by atoms with Crippen LogP contribution in [0.25, 0.3) is 0 Å². The fourth-order valence-corrected chi connectivity index (χ4v) is 2.80. The van der Waals surface area contributed by atoms with Gasteiger partial charge in [-0.3, -0.25) is 4.79 Å². The molecule has 1 fully saturated rings. The molecule has 1 saturated carbocycles. The van der Waals surface area contributed by atoms with Crippen LogP contribution in [-0.2, 0) is 4.79 Å². The molecule has 2 aliphatic rings. The molecular weight excluding hydrogens is 269 g/mol. The molecule has 0 unspecified atom stereocenters. The molecule has 0 spiro atoms. The third-order valence-corrected chi connectivity index (χ3v) is 3.84. The Hall–Kier alpha value is -1.85. The third kappa shape index (κ3) is 2.19. The number of hydrogen-bond donors (Lipinski definition) is 0. The minimum absolute atomic E-state index is 0.128. The Kier molecular flexibility index (Phi) is 3.23. The van der Waals surface area contributed by atoms with Crippen LogP contribution in [0, 0.1) is 23.4 Å². The van der Waals surface area contributed by atoms with Crippen molar-refractivity contribution in [1.82, 2.24) is 0 Å². The number of hydrogen-bond acceptors (Lipinski definition) is 2. The van der Waals surface area contributed by atoms with Gasteiger partial charge in [-0.05, 0) is 18.8 Å². The average Bonchev–Trinajstić information content (AvgIpc) is 3.03. The van der Waals surface area contributed by atoms with E-state index in [4.69, 9.17) is 0 Å². The van der Waals surface area contributed by atoms with E-state index in [0.29, 0.717) is 12.1 Å². The predicted molar refractivity (Wildman–Crippen MR) is 67.8 cm³/mol. The molecule has 3 nitrogen and oxygen atoms in total. The number of carbonyl (C=O) groups excluding carboxylic acids is 1. The maximum absolute atomic E-state index is 13.7. The van der Waals surface area contributed by atoms with Crippen molar-refractivity contribution in [3.05, 3.63) is 29.6 Å². The summed E-state index contributed by atoms with van der Waals surface area (Å²) in [6.07, 6.45) is 4.26. The molecule has 1 aliphatic carbocycles. The monoisotopic (exact) mass is 282 g/mol. The first-order chi connectivity index (χ1) is 9.56. The van der Waals surface area contributed by atoms with Gasteiger partial charge < -0.3 is 0 Å². The summed E-state index contributed by atoms with van der Waals surface area (Å²) >= 11 is 0. The average molecular weight is 282 g/mol. The zero-order valence-corrected chi connectivity index (χ0v) is 10.7. The molecule has 0 aromatic heterocycles. The quantitative estimate of drug-likeness (QED) is 0.765. The molecular formula is C14H13F3N2O. The van der Waals surface area contributed by atoms with Crippen molar-refractivity contribution in [3.63, 3.8) is 0 Å². The van der Waals surface area contributed by atoms with Crippen LogP contribution >= 0.6 is 0 Å². The number of carbonyl (C=O) groups is 1. The number of anilines is 1. The molecule has 0 N–H and O–H groups in total. The largest absolute Gasteiger partial charge is 0.272 e. The molecule has 6 heteroatoms. The molecule has 1 amide bonds. The standard InChI is InChI=1S/C14H13F3N2O/c15-9-5-11(17)13(6-10(9)16)19-14(20)7-12(18-19)8-3-1-2-4-8/h5-6,8H,1-4,7H2. The maximum atomic E-state index is 13.7. The second-order valence-corrected chi connectivity index (χ2v) is 5.17. The van der Waals surface area contributed by atoms with Crippen molar-refractivity contribution in [2.45, 2.75) is 32.1 Å². The van der Waals surface area contributed by atoms with Gasteiger partial charge in [0.05, 0.1) is 12.1 Å². The molecule has 20 heavy (non-hydrogen) atoms. The Labute approximate surface area is 114 Å². The first-order valence-electron chi connectivity index (χ1n) is 6.61. The molecule has 1 aromatic carbocycles. The summed E-state index contributed by atoms with van der Waals surface area (Å²) in [4.78, 5) is 11.9. The van der Waals surface area contributed by atoms with Crippen molar-refractivity contribution >= 4 is 17.3 Å². The van der Waals surface area contributed by atoms with E-state index in [2.05, 4.69) is 5.10 Å². The molecule has 0 atom stereocenters. The SMILES string of the molecule is O=C1CC(C2CCCC2)=NN1c1cc(F)c(F)cc1F. The topological polar surface area (TPSA) is 32.7 Å². The maximum Gasteiger partial charge on any atom is 0.253 e. The van der Waals surface area contributed by atoms with Crippen molar-refractivity contribution in [2.75, 3.05) is 5.01 Å². The van der Waals surface area contributed by atoms with Gasteiger partial charge in [0.2, 0.25) is 0 Å². The summed E-state index contributed by atoms with van der Waals surface area (Å²) in [6, 6.07) is 1.10. The van der Waals surface area contributed by atoms with E-state index >= 15 is 0 Å². The van der Waals surface area contributed by atoms with E-state index in [-0.39, 0.29) is 18.0 Å². The molecule has 1 aliphatic heterocycles. The van der Waals surface area contributed by atoms with E-state index < -0.39 is 23.4 Å². The summed E-state index contributed by atoms with van der Waals surface area (Å²) in [7, 11) is 0. The van der Waals surface area contributed by atoms with Crippen molar-refractivity contribution in [2.24, 2.45) is 11.0 Å². The van der Waals surface area contributed by atoms with Crippen LogP contribution in [0.1, 0.15) is 32.1 Å². The number of amides is 1. The Bertz CT molecular complexity index is 594. The highest BCUT2D eigenvalue weighted by atomic mass is 19.2. The van der Waals surface area contributed by atoms with Crippen molar-refractivity contribution in [1.29, 1.82) is 0 Å². The summed E-state index contributed by atoms with van der Waals surface area (Å²) in [5.74, 6) is -3.63. The second-order valence-electron chi connectivity index (χ2n) is 5.17. The van der Waals surface area contributed by atoms with Crippen LogP contribution < -0.4 is 5.01 Å². The van der Waals surface area contributed by atoms with Gasteiger partial charge in [0.1, 0.15) is 5.69 Å². The second kappa shape index (κ2) is 4.92. The fraction of sp³-hybridized carbons (Fsp3) is 0.429. The molecule has 0 saturated heterocycles. The number of hydrazone groups is 1. The third-order valence-electron chi connectivity index (χ3n) is 3.84. The number of nitrogens with zero attached hydrogens (tertiary/aromatic N) is 2. The highest BCUT2D eigenvalue weighted by Gasteiger charge is 2.33. The zero-order valence-electron chi connectivity index (χ0n) is 10.7. The van der Waals surface area contributed by atoms with Crippen molar-refractivity contribution < 1.29 is 18.0 Å². The lowest BCUT2D eigenvalue weighted by atomic mass is 10.00. The lowest BCUT2D eigenvalue weighted by Crippen LogP contribution is -2.21. The normalized spacial score (nSPS) is 19.9. The van der Waals surface area contributed by atoms with Gasteiger partial charge in [-0.15, -0.1) is 0 Å². The number of rotatable bonds is 2. The Morgan fingerprint density at radius 1 is 1.05 bits per heavy atom. The predicted octanol–water partition coefficient (Wildman–Crippen LogP) is 3.39. The van der Waals surface area contributed by atoms with Crippen LogP contribution in [0.5, 0.6) is 0 Å². The first kappa shape index (κ1) is 13.1. The van der Waals surface area contributed by atoms with Crippen LogP contribution in [0.15, 0.2) is 17.2 Å². The lowest BCUT2D eigenvalue weighted by molar-refractivity contribution is -0.117. The first-order valence-corrected chi connectivity index (χ1v) is 6.61. The van der Waals surface area contributed by atoms with Crippen molar-refractivity contribution in [3.8, 4) is 0 Å². The number of benzene rings is 1. The summed E-state index contributed by atoms with van der Waals surface area (Å²) in [6.45, 7) is 0. The number of halogens is 3. The van der Waals surface area contributed by atoms with E-state index in [1.807, 2.05) is 0 Å². The van der Waals surface area contributed by atoms with E-state index in [0.717, 1.165) is 36.4 Å². The van der Waals surface area contributed by atoms with Gasteiger partial charge in [0.25, 0.3) is 5.91 Å². The van der Waals surface area contributed by atoms with Gasteiger partial charge in [-0.2, -0.15) is 10.1 Å². The molecule has 3 rings (SSSR count). The lowest BCUT2D eigenvalue weighted by Gasteiger charge is -2.13. The Morgan fingerprint density at radius 3 is 2.40 bits per heavy atom. The van der Waals surface area contributed by atoms with Crippen LogP contribution in [0.2, 0.25) is 0 Å². The molecule has 1 aromatic rings. The van der Waals surface area contributed by atoms with Crippen LogP contribution in [-0.4, -0.2) is 11.6 Å². The van der Waals surface area contributed by atoms with E-state index in [9.17, 15) is 18.0 Å². The minimum atomic E-state index is -1.28. The molecule has 106 valence electrons. The summed E-state index contributed by atoms with van der Waals surface area (Å²) < 4.78 is 39.8. The van der Waals surface area contributed by atoms with Gasteiger partial charge in [-0.25, -0.2) is 13.2 Å². The molecule has 0 radical (unpaired) electrons. The highest BCUT2D eigenvalue weighted by Crippen LogP contribution is 2.32. The van der Waals surface area contributed by atoms with Crippen LogP contribution in [0.3, 0.4) is 0 Å². The Balaban J connectivity index is 1.93. The summed E-state index contributed by atoms with van der Waals surface area (Å²) in [5.41, 5.74) is 0.388. The fourth-order valence-electron chi connectivity index (χ4n) is 2.80. The Morgan fingerprint density at radius 2 is 1.70 bits per heavy atom. The smallest absolute Gasteiger partial charge is 0.253 e. The summed E-state index contributed by atoms with van der Waals surface area (Å²) in [5, 5.41) is 4.98. The van der Waals surface area contributed by atoms with Gasteiger partial charge in [0, 0.05) is 12.1 Å². The van der Waals surface area contributed by atoms with E-state index in [1.54, 1.807) is 0 Å². The van der Waals surface area contributed by atoms with Gasteiger partial charge in [-0.1, -0.05) is 12.8 Å². The highest BCUT2D eigenvalue weighted by molar-refractivity contribution is 6.13. The van der Waals surface area contributed by atoms with Gasteiger partial charge >= 0.3 is 0 Å². The van der Waals surface area contributed by atoms with Gasteiger partial charge in [0.15, 0.2) is 17.5 Å². The molecule has 1 heterocycles. The van der Waals surface area contributed by atoms with Crippen LogP contribution in [0.4, 0.5) is 18.9 Å². The van der Waals surface area contributed by atoms with E-state index in [1.165, 1.54) is 0 Å².